The first-order valence-electron chi connectivity index (χ1n) is 9.10. The van der Waals surface area contributed by atoms with E-state index in [1.807, 2.05) is 38.1 Å². The number of benzene rings is 2. The molecule has 2 aromatic carbocycles. The van der Waals surface area contributed by atoms with E-state index in [9.17, 15) is 14.0 Å². The van der Waals surface area contributed by atoms with Gasteiger partial charge in [0.2, 0.25) is 0 Å². The van der Waals surface area contributed by atoms with Gasteiger partial charge in [0.05, 0.1) is 5.39 Å². The molecule has 142 valence electrons. The van der Waals surface area contributed by atoms with Gasteiger partial charge in [0.1, 0.15) is 10.6 Å². The maximum Gasteiger partial charge on any atom is 0.282 e. The highest BCUT2D eigenvalue weighted by Gasteiger charge is 2.17. The van der Waals surface area contributed by atoms with Crippen LogP contribution in [0.4, 0.5) is 4.39 Å². The SMILES string of the molecule is Cc1sc2c(c1C)c(=O)nc1c(=Cc3ccc(F)cc3)c3ccccc3c(=O)n12. The molecular weight excluding hydrogens is 387 g/mol. The fourth-order valence-corrected chi connectivity index (χ4v) is 4.85. The van der Waals surface area contributed by atoms with Crippen LogP contribution in [0.15, 0.2) is 58.1 Å². The van der Waals surface area contributed by atoms with Crippen molar-refractivity contribution in [2.45, 2.75) is 13.8 Å². The summed E-state index contributed by atoms with van der Waals surface area (Å²) in [5, 5.41) is 2.40. The lowest BCUT2D eigenvalue weighted by molar-refractivity contribution is 0.628. The number of fused-ring (bicyclic) bond motifs is 4. The van der Waals surface area contributed by atoms with Crippen LogP contribution in [0.1, 0.15) is 16.0 Å². The highest BCUT2D eigenvalue weighted by atomic mass is 32.1. The summed E-state index contributed by atoms with van der Waals surface area (Å²) in [7, 11) is 0. The highest BCUT2D eigenvalue weighted by Crippen LogP contribution is 2.27. The Morgan fingerprint density at radius 2 is 1.69 bits per heavy atom. The molecule has 0 radical (unpaired) electrons. The van der Waals surface area contributed by atoms with Gasteiger partial charge in [-0.3, -0.25) is 9.59 Å². The molecule has 0 N–H and O–H groups in total. The minimum Gasteiger partial charge on any atom is -0.268 e. The van der Waals surface area contributed by atoms with Gasteiger partial charge in [-0.2, -0.15) is 4.98 Å². The highest BCUT2D eigenvalue weighted by molar-refractivity contribution is 7.18. The third-order valence-electron chi connectivity index (χ3n) is 5.28. The van der Waals surface area contributed by atoms with Crippen LogP contribution in [0.2, 0.25) is 0 Å². The van der Waals surface area contributed by atoms with Crippen molar-refractivity contribution < 1.29 is 4.39 Å². The minimum atomic E-state index is -0.342. The van der Waals surface area contributed by atoms with Gasteiger partial charge in [0.15, 0.2) is 5.65 Å². The molecule has 0 aliphatic rings. The molecule has 0 saturated carbocycles. The van der Waals surface area contributed by atoms with Crippen molar-refractivity contribution in [2.75, 3.05) is 0 Å². The van der Waals surface area contributed by atoms with Crippen molar-refractivity contribution in [3.63, 3.8) is 0 Å². The molecule has 0 spiro atoms. The van der Waals surface area contributed by atoms with E-state index in [0.29, 0.717) is 31.9 Å². The van der Waals surface area contributed by atoms with E-state index in [4.69, 9.17) is 0 Å². The second kappa shape index (κ2) is 6.32. The molecule has 4 nitrogen and oxygen atoms in total. The number of pyridine rings is 1. The van der Waals surface area contributed by atoms with Crippen LogP contribution in [0.3, 0.4) is 0 Å². The maximum atomic E-state index is 13.3. The summed E-state index contributed by atoms with van der Waals surface area (Å²) in [6, 6.07) is 13.3. The fourth-order valence-electron chi connectivity index (χ4n) is 3.70. The Kier molecular flexibility index (Phi) is 3.86. The van der Waals surface area contributed by atoms with Crippen molar-refractivity contribution in [3.05, 3.63) is 96.3 Å². The molecule has 0 aliphatic carbocycles. The van der Waals surface area contributed by atoms with E-state index in [0.717, 1.165) is 16.0 Å². The molecule has 5 rings (SSSR count). The number of aromatic nitrogens is 2. The largest absolute Gasteiger partial charge is 0.282 e. The van der Waals surface area contributed by atoms with E-state index in [-0.39, 0.29) is 16.9 Å². The van der Waals surface area contributed by atoms with Gasteiger partial charge >= 0.3 is 0 Å². The lowest BCUT2D eigenvalue weighted by Gasteiger charge is -2.07. The van der Waals surface area contributed by atoms with E-state index < -0.39 is 0 Å². The summed E-state index contributed by atoms with van der Waals surface area (Å²) in [6.45, 7) is 3.81. The monoisotopic (exact) mass is 402 g/mol. The summed E-state index contributed by atoms with van der Waals surface area (Å²) in [4.78, 5) is 32.1. The first-order chi connectivity index (χ1) is 14.0. The van der Waals surface area contributed by atoms with Gasteiger partial charge in [-0.1, -0.05) is 30.3 Å². The molecule has 3 aromatic heterocycles. The van der Waals surface area contributed by atoms with Crippen LogP contribution in [-0.4, -0.2) is 9.38 Å². The van der Waals surface area contributed by atoms with Gasteiger partial charge in [0.25, 0.3) is 11.1 Å². The summed E-state index contributed by atoms with van der Waals surface area (Å²) >= 11 is 1.42. The van der Waals surface area contributed by atoms with E-state index in [1.54, 1.807) is 22.6 Å². The first-order valence-corrected chi connectivity index (χ1v) is 9.92. The molecule has 5 aromatic rings. The van der Waals surface area contributed by atoms with E-state index in [1.165, 1.54) is 23.5 Å². The van der Waals surface area contributed by atoms with Crippen LogP contribution >= 0.6 is 11.3 Å². The molecule has 0 atom stereocenters. The average molecular weight is 402 g/mol. The zero-order chi connectivity index (χ0) is 20.3. The van der Waals surface area contributed by atoms with Crippen molar-refractivity contribution in [3.8, 4) is 0 Å². The molecule has 0 fully saturated rings. The molecule has 29 heavy (non-hydrogen) atoms. The zero-order valence-electron chi connectivity index (χ0n) is 15.7. The van der Waals surface area contributed by atoms with Gasteiger partial charge in [0, 0.05) is 15.5 Å². The Balaban J connectivity index is 2.10. The van der Waals surface area contributed by atoms with Crippen molar-refractivity contribution >= 4 is 44.0 Å². The Bertz CT molecular complexity index is 1620. The predicted octanol–water partition coefficient (Wildman–Crippen LogP) is 3.73. The van der Waals surface area contributed by atoms with Gasteiger partial charge in [-0.05, 0) is 54.6 Å². The average Bonchev–Trinajstić information content (AvgIpc) is 3.01. The molecule has 0 bridgehead atoms. The summed E-state index contributed by atoms with van der Waals surface area (Å²) < 4.78 is 14.9. The molecule has 6 heteroatoms. The molecule has 3 heterocycles. The number of nitrogens with zero attached hydrogens (tertiary/aromatic N) is 2. The van der Waals surface area contributed by atoms with Crippen molar-refractivity contribution in [1.29, 1.82) is 0 Å². The Labute approximate surface area is 168 Å². The summed E-state index contributed by atoms with van der Waals surface area (Å²) in [6.07, 6.45) is 1.84. The third-order valence-corrected chi connectivity index (χ3v) is 6.47. The topological polar surface area (TPSA) is 51.4 Å². The quantitative estimate of drug-likeness (QED) is 0.402. The molecular formula is C23H15FN2O2S. The zero-order valence-corrected chi connectivity index (χ0v) is 16.5. The van der Waals surface area contributed by atoms with Crippen LogP contribution in [0.5, 0.6) is 0 Å². The predicted molar refractivity (Wildman–Crippen MR) is 115 cm³/mol. The Hall–Kier alpha value is -3.38. The number of rotatable bonds is 1. The van der Waals surface area contributed by atoms with E-state index in [2.05, 4.69) is 4.98 Å². The summed E-state index contributed by atoms with van der Waals surface area (Å²) in [5.74, 6) is -0.327. The van der Waals surface area contributed by atoms with Gasteiger partial charge < -0.3 is 0 Å². The Morgan fingerprint density at radius 3 is 2.41 bits per heavy atom. The van der Waals surface area contributed by atoms with Gasteiger partial charge in [-0.25, -0.2) is 8.79 Å². The maximum absolute atomic E-state index is 13.3. The van der Waals surface area contributed by atoms with Crippen LogP contribution in [0.25, 0.3) is 32.7 Å². The van der Waals surface area contributed by atoms with Gasteiger partial charge in [-0.15, -0.1) is 11.3 Å². The molecule has 0 saturated heterocycles. The third kappa shape index (κ3) is 2.60. The standard InChI is InChI=1S/C23H15FN2O2S/c1-12-13(2)29-23-19(12)21(27)25-20-18(11-14-7-9-15(24)10-8-14)16-5-3-4-6-17(16)22(28)26(20)23/h3-11H,1-2H3. The normalized spacial score (nSPS) is 12.4. The van der Waals surface area contributed by atoms with Crippen LogP contribution < -0.4 is 16.3 Å². The number of hydrogen-bond donors (Lipinski definition) is 0. The van der Waals surface area contributed by atoms with Crippen molar-refractivity contribution in [1.82, 2.24) is 9.38 Å². The second-order valence-electron chi connectivity index (χ2n) is 7.00. The summed E-state index contributed by atoms with van der Waals surface area (Å²) in [5.41, 5.74) is 1.38. The second-order valence-corrected chi connectivity index (χ2v) is 8.20. The first kappa shape index (κ1) is 17.7. The van der Waals surface area contributed by atoms with Crippen LogP contribution in [0, 0.1) is 19.7 Å². The Morgan fingerprint density at radius 1 is 1.00 bits per heavy atom. The lowest BCUT2D eigenvalue weighted by atomic mass is 10.1. The number of aryl methyl sites for hydroxylation is 2. The number of hydrogen-bond acceptors (Lipinski definition) is 4. The smallest absolute Gasteiger partial charge is 0.268 e. The van der Waals surface area contributed by atoms with E-state index >= 15 is 0 Å². The fraction of sp³-hybridized carbons (Fsp3) is 0.0870. The van der Waals surface area contributed by atoms with Crippen LogP contribution in [-0.2, 0) is 0 Å². The van der Waals surface area contributed by atoms with Crippen molar-refractivity contribution in [2.24, 2.45) is 0 Å². The molecule has 0 unspecified atom stereocenters. The molecule has 0 amide bonds. The molecule has 0 aliphatic heterocycles. The minimum absolute atomic E-state index is 0.203. The number of halogens is 1. The number of thiophene rings is 1. The lowest BCUT2D eigenvalue weighted by Crippen LogP contribution is -2.27.